The lowest BCUT2D eigenvalue weighted by atomic mass is 9.86. The first kappa shape index (κ1) is 22.2. The van der Waals surface area contributed by atoms with Crippen molar-refractivity contribution in [2.24, 2.45) is 0 Å². The number of unbranched alkanes of at least 4 members (excludes halogenated alkanes) is 5. The van der Waals surface area contributed by atoms with Gasteiger partial charge in [0, 0.05) is 31.7 Å². The molecule has 0 N–H and O–H groups in total. The third-order valence-corrected chi connectivity index (χ3v) is 5.71. The maximum absolute atomic E-state index is 12.3. The van der Waals surface area contributed by atoms with Gasteiger partial charge in [0.15, 0.2) is 0 Å². The van der Waals surface area contributed by atoms with Crippen molar-refractivity contribution in [2.75, 3.05) is 26.2 Å². The van der Waals surface area contributed by atoms with Crippen molar-refractivity contribution >= 4 is 5.91 Å². The van der Waals surface area contributed by atoms with Gasteiger partial charge in [0.25, 0.3) is 0 Å². The zero-order valence-electron chi connectivity index (χ0n) is 17.4. The second kappa shape index (κ2) is 12.5. The van der Waals surface area contributed by atoms with Crippen LogP contribution in [-0.2, 0) is 4.79 Å². The van der Waals surface area contributed by atoms with Crippen molar-refractivity contribution in [2.45, 2.75) is 97.4 Å². The van der Waals surface area contributed by atoms with E-state index in [0.29, 0.717) is 5.54 Å². The summed E-state index contributed by atoms with van der Waals surface area (Å²) in [6.45, 7) is 13.0. The van der Waals surface area contributed by atoms with Gasteiger partial charge in [0.05, 0.1) is 0 Å². The van der Waals surface area contributed by atoms with Gasteiger partial charge in [0.2, 0.25) is 5.91 Å². The first-order chi connectivity index (χ1) is 12.1. The average Bonchev–Trinajstić information content (AvgIpc) is 2.62. The molecule has 0 bridgehead atoms. The predicted molar refractivity (Wildman–Crippen MR) is 109 cm³/mol. The van der Waals surface area contributed by atoms with Crippen molar-refractivity contribution in [3.63, 3.8) is 0 Å². The number of carbonyl (C=O) groups excluding carboxylic acids is 1. The lowest BCUT2D eigenvalue weighted by Gasteiger charge is -2.46. The summed E-state index contributed by atoms with van der Waals surface area (Å²) in [5, 5.41) is 0. The van der Waals surface area contributed by atoms with Crippen LogP contribution in [0.3, 0.4) is 0 Å². The number of amides is 1. The summed E-state index contributed by atoms with van der Waals surface area (Å²) in [7, 11) is 0. The van der Waals surface area contributed by atoms with Crippen LogP contribution in [0.15, 0.2) is 12.2 Å². The van der Waals surface area contributed by atoms with Crippen molar-refractivity contribution in [3.8, 4) is 0 Å². The van der Waals surface area contributed by atoms with Crippen molar-refractivity contribution in [3.05, 3.63) is 12.2 Å². The molecule has 0 spiro atoms. The fraction of sp³-hybridized carbons (Fsp3) is 0.864. The first-order valence-corrected chi connectivity index (χ1v) is 10.8. The van der Waals surface area contributed by atoms with Gasteiger partial charge in [-0.1, -0.05) is 71.8 Å². The van der Waals surface area contributed by atoms with Gasteiger partial charge in [-0.2, -0.15) is 0 Å². The third kappa shape index (κ3) is 7.94. The molecule has 0 aromatic heterocycles. The van der Waals surface area contributed by atoms with E-state index in [-0.39, 0.29) is 5.91 Å². The lowest BCUT2D eigenvalue weighted by molar-refractivity contribution is -0.128. The Kier molecular flexibility index (Phi) is 11.1. The smallest absolute Gasteiger partial charge is 0.246 e. The molecule has 1 saturated heterocycles. The van der Waals surface area contributed by atoms with Crippen molar-refractivity contribution < 1.29 is 4.79 Å². The van der Waals surface area contributed by atoms with Crippen LogP contribution < -0.4 is 0 Å². The zero-order valence-corrected chi connectivity index (χ0v) is 17.4. The minimum absolute atomic E-state index is 0.201. The molecule has 1 rings (SSSR count). The molecular formula is C22H42N2O. The Balaban J connectivity index is 2.56. The number of carbonyl (C=O) groups is 1. The Labute approximate surface area is 156 Å². The fourth-order valence-corrected chi connectivity index (χ4v) is 3.88. The summed E-state index contributed by atoms with van der Waals surface area (Å²) in [6, 6.07) is 0. The molecule has 0 saturated carbocycles. The Hall–Kier alpha value is -0.830. The molecule has 1 amide bonds. The summed E-state index contributed by atoms with van der Waals surface area (Å²) in [4.78, 5) is 17.0. The monoisotopic (exact) mass is 350 g/mol. The Morgan fingerprint density at radius 3 is 1.92 bits per heavy atom. The minimum atomic E-state index is 0.201. The Morgan fingerprint density at radius 2 is 1.44 bits per heavy atom. The predicted octanol–water partition coefficient (Wildman–Crippen LogP) is 5.41. The van der Waals surface area contributed by atoms with E-state index in [0.717, 1.165) is 39.0 Å². The van der Waals surface area contributed by atoms with Gasteiger partial charge in [-0.15, -0.1) is 0 Å². The number of nitrogens with zero attached hydrogens (tertiary/aromatic N) is 2. The molecular weight excluding hydrogens is 308 g/mol. The summed E-state index contributed by atoms with van der Waals surface area (Å²) in [5.74, 6) is 0.201. The number of allylic oxidation sites excluding steroid dienone is 1. The molecule has 0 aliphatic carbocycles. The van der Waals surface area contributed by atoms with E-state index >= 15 is 0 Å². The summed E-state index contributed by atoms with van der Waals surface area (Å²) in [5.41, 5.74) is 0.317. The van der Waals surface area contributed by atoms with E-state index in [9.17, 15) is 4.79 Å². The molecule has 0 atom stereocenters. The molecule has 0 radical (unpaired) electrons. The number of piperazine rings is 1. The van der Waals surface area contributed by atoms with Gasteiger partial charge < -0.3 is 4.90 Å². The lowest BCUT2D eigenvalue weighted by Crippen LogP contribution is -2.56. The van der Waals surface area contributed by atoms with Crippen LogP contribution in [0.4, 0.5) is 0 Å². The van der Waals surface area contributed by atoms with E-state index in [4.69, 9.17) is 0 Å². The quantitative estimate of drug-likeness (QED) is 0.347. The first-order valence-electron chi connectivity index (χ1n) is 10.8. The molecule has 1 fully saturated rings. The van der Waals surface area contributed by atoms with Gasteiger partial charge >= 0.3 is 0 Å². The van der Waals surface area contributed by atoms with E-state index in [2.05, 4.69) is 32.6 Å². The molecule has 1 aliphatic rings. The van der Waals surface area contributed by atoms with Crippen LogP contribution >= 0.6 is 0 Å². The average molecular weight is 351 g/mol. The van der Waals surface area contributed by atoms with Gasteiger partial charge in [-0.25, -0.2) is 0 Å². The molecule has 25 heavy (non-hydrogen) atoms. The normalized spacial score (nSPS) is 16.7. The van der Waals surface area contributed by atoms with Crippen LogP contribution in [0.25, 0.3) is 0 Å². The second-order valence-electron chi connectivity index (χ2n) is 7.91. The van der Waals surface area contributed by atoms with Gasteiger partial charge in [-0.3, -0.25) is 9.69 Å². The standard InChI is InChI=1S/C22H42N2O/c1-5-8-11-14-21(25)23-17-19-24(20-18-23)22(4,15-12-9-6-2)16-13-10-7-3/h11,14H,5-10,12-13,15-20H2,1-4H3/b14-11+. The number of hydrogen-bond acceptors (Lipinski definition) is 2. The summed E-state index contributed by atoms with van der Waals surface area (Å²) < 4.78 is 0. The van der Waals surface area contributed by atoms with E-state index < -0.39 is 0 Å². The third-order valence-electron chi connectivity index (χ3n) is 5.71. The summed E-state index contributed by atoms with van der Waals surface area (Å²) in [6.07, 6.45) is 16.4. The second-order valence-corrected chi connectivity index (χ2v) is 7.91. The highest BCUT2D eigenvalue weighted by Crippen LogP contribution is 2.30. The Bertz CT molecular complexity index is 373. The van der Waals surface area contributed by atoms with E-state index in [1.807, 2.05) is 11.0 Å². The fourth-order valence-electron chi connectivity index (χ4n) is 3.88. The molecule has 0 aromatic rings. The number of rotatable bonds is 12. The van der Waals surface area contributed by atoms with Crippen LogP contribution in [0.2, 0.25) is 0 Å². The molecule has 3 heteroatoms. The van der Waals surface area contributed by atoms with Crippen LogP contribution in [0.1, 0.15) is 91.9 Å². The van der Waals surface area contributed by atoms with Gasteiger partial charge in [0.1, 0.15) is 0 Å². The van der Waals surface area contributed by atoms with E-state index in [1.165, 1.54) is 51.4 Å². The SMILES string of the molecule is CCC/C=C/C(=O)N1CCN(C(C)(CCCCC)CCCCC)CC1. The highest BCUT2D eigenvalue weighted by Gasteiger charge is 2.33. The van der Waals surface area contributed by atoms with E-state index in [1.54, 1.807) is 6.08 Å². The molecule has 0 unspecified atom stereocenters. The highest BCUT2D eigenvalue weighted by atomic mass is 16.2. The van der Waals surface area contributed by atoms with Crippen molar-refractivity contribution in [1.29, 1.82) is 0 Å². The molecule has 1 aliphatic heterocycles. The maximum atomic E-state index is 12.3. The maximum Gasteiger partial charge on any atom is 0.246 e. The topological polar surface area (TPSA) is 23.6 Å². The molecule has 3 nitrogen and oxygen atoms in total. The molecule has 0 aromatic carbocycles. The molecule has 1 heterocycles. The zero-order chi connectivity index (χ0) is 18.5. The largest absolute Gasteiger partial charge is 0.337 e. The van der Waals surface area contributed by atoms with Crippen molar-refractivity contribution in [1.82, 2.24) is 9.80 Å². The molecule has 146 valence electrons. The summed E-state index contributed by atoms with van der Waals surface area (Å²) >= 11 is 0. The van der Waals surface area contributed by atoms with Crippen LogP contribution in [0, 0.1) is 0 Å². The minimum Gasteiger partial charge on any atom is -0.337 e. The Morgan fingerprint density at radius 1 is 0.880 bits per heavy atom. The number of hydrogen-bond donors (Lipinski definition) is 0. The highest BCUT2D eigenvalue weighted by molar-refractivity contribution is 5.87. The van der Waals surface area contributed by atoms with Gasteiger partial charge in [-0.05, 0) is 32.3 Å². The van der Waals surface area contributed by atoms with Crippen LogP contribution in [-0.4, -0.2) is 47.4 Å². The van der Waals surface area contributed by atoms with Crippen LogP contribution in [0.5, 0.6) is 0 Å².